The molecule has 2 rings (SSSR count). The predicted molar refractivity (Wildman–Crippen MR) is 96.4 cm³/mol. The number of pyridine rings is 1. The molecule has 0 radical (unpaired) electrons. The molecule has 0 unspecified atom stereocenters. The summed E-state index contributed by atoms with van der Waals surface area (Å²) in [5.74, 6) is 0.835. The van der Waals surface area contributed by atoms with Crippen molar-refractivity contribution >= 4 is 11.6 Å². The number of hydrogen-bond donors (Lipinski definition) is 1. The number of para-hydroxylation sites is 1. The maximum Gasteiger partial charge on any atom is 0.255 e. The molecule has 0 spiro atoms. The van der Waals surface area contributed by atoms with E-state index in [0.29, 0.717) is 12.1 Å². The quantitative estimate of drug-likeness (QED) is 0.805. The van der Waals surface area contributed by atoms with Gasteiger partial charge in [0.25, 0.3) is 5.91 Å². The Bertz CT molecular complexity index is 673. The van der Waals surface area contributed by atoms with Crippen LogP contribution >= 0.6 is 0 Å². The second-order valence-electron chi connectivity index (χ2n) is 5.71. The van der Waals surface area contributed by atoms with Crippen LogP contribution in [0.25, 0.3) is 0 Å². The summed E-state index contributed by atoms with van der Waals surface area (Å²) in [5.41, 5.74) is 2.46. The summed E-state index contributed by atoms with van der Waals surface area (Å²) in [6.45, 7) is 3.48. The van der Waals surface area contributed by atoms with Gasteiger partial charge in [-0.15, -0.1) is 0 Å². The fourth-order valence-corrected chi connectivity index (χ4v) is 2.42. The Morgan fingerprint density at radius 1 is 1.29 bits per heavy atom. The molecule has 0 atom stereocenters. The van der Waals surface area contributed by atoms with Gasteiger partial charge in [-0.2, -0.15) is 0 Å². The van der Waals surface area contributed by atoms with Crippen LogP contribution in [0.5, 0.6) is 5.75 Å². The van der Waals surface area contributed by atoms with Gasteiger partial charge in [0, 0.05) is 38.1 Å². The average molecular weight is 327 g/mol. The maximum atomic E-state index is 12.4. The summed E-state index contributed by atoms with van der Waals surface area (Å²) in [6.07, 6.45) is 5.40. The molecule has 1 amide bonds. The van der Waals surface area contributed by atoms with Gasteiger partial charge in [0.1, 0.15) is 5.75 Å². The molecule has 0 aliphatic heterocycles. The van der Waals surface area contributed by atoms with Gasteiger partial charge in [-0.05, 0) is 18.6 Å². The lowest BCUT2D eigenvalue weighted by molar-refractivity contribution is 0.0793. The monoisotopic (exact) mass is 327 g/mol. The average Bonchev–Trinajstić information content (AvgIpc) is 2.64. The minimum absolute atomic E-state index is 0.00288. The van der Waals surface area contributed by atoms with E-state index in [-0.39, 0.29) is 5.91 Å². The largest absolute Gasteiger partial charge is 0.496 e. The number of nitrogens with zero attached hydrogens (tertiary/aromatic N) is 2. The molecule has 1 N–H and O–H groups in total. The maximum absolute atomic E-state index is 12.4. The molecule has 1 heterocycles. The van der Waals surface area contributed by atoms with Crippen molar-refractivity contribution in [2.24, 2.45) is 0 Å². The van der Waals surface area contributed by atoms with Crippen molar-refractivity contribution in [2.75, 3.05) is 26.0 Å². The van der Waals surface area contributed by atoms with Gasteiger partial charge in [0.2, 0.25) is 0 Å². The Morgan fingerprint density at radius 3 is 2.83 bits per heavy atom. The van der Waals surface area contributed by atoms with Crippen LogP contribution in [0, 0.1) is 0 Å². The first-order valence-electron chi connectivity index (χ1n) is 8.22. The van der Waals surface area contributed by atoms with Gasteiger partial charge in [-0.3, -0.25) is 9.78 Å². The number of carbonyl (C=O) groups is 1. The zero-order valence-electron chi connectivity index (χ0n) is 14.6. The molecular formula is C19H25N3O2. The Labute approximate surface area is 143 Å². The number of carbonyl (C=O) groups excluding carboxylic acids is 1. The third-order valence-corrected chi connectivity index (χ3v) is 3.85. The predicted octanol–water partition coefficient (Wildman–Crippen LogP) is 3.57. The first kappa shape index (κ1) is 17.8. The lowest BCUT2D eigenvalue weighted by Crippen LogP contribution is -2.27. The number of hydrogen-bond acceptors (Lipinski definition) is 4. The van der Waals surface area contributed by atoms with E-state index in [4.69, 9.17) is 4.74 Å². The molecule has 5 nitrogen and oxygen atoms in total. The number of methoxy groups -OCH3 is 1. The van der Waals surface area contributed by atoms with E-state index in [2.05, 4.69) is 17.2 Å². The van der Waals surface area contributed by atoms with E-state index in [9.17, 15) is 4.79 Å². The topological polar surface area (TPSA) is 54.5 Å². The van der Waals surface area contributed by atoms with E-state index < -0.39 is 0 Å². The number of benzene rings is 1. The molecule has 1 aromatic carbocycles. The van der Waals surface area contributed by atoms with E-state index in [1.807, 2.05) is 37.4 Å². The molecule has 0 fully saturated rings. The van der Waals surface area contributed by atoms with Crippen LogP contribution in [0.1, 0.15) is 35.7 Å². The van der Waals surface area contributed by atoms with Crippen molar-refractivity contribution in [2.45, 2.75) is 26.3 Å². The van der Waals surface area contributed by atoms with Gasteiger partial charge < -0.3 is 15.0 Å². The number of unbranched alkanes of at least 4 members (excludes halogenated alkanes) is 1. The van der Waals surface area contributed by atoms with Crippen molar-refractivity contribution in [3.05, 3.63) is 53.9 Å². The summed E-state index contributed by atoms with van der Waals surface area (Å²) < 4.78 is 5.35. The molecule has 0 aliphatic carbocycles. The molecule has 2 aromatic rings. The van der Waals surface area contributed by atoms with Gasteiger partial charge in [-0.25, -0.2) is 0 Å². The zero-order valence-corrected chi connectivity index (χ0v) is 14.6. The fraction of sp³-hybridized carbons (Fsp3) is 0.368. The zero-order chi connectivity index (χ0) is 17.4. The van der Waals surface area contributed by atoms with E-state index in [1.165, 1.54) is 0 Å². The number of rotatable bonds is 8. The number of amides is 1. The minimum atomic E-state index is -0.00288. The van der Waals surface area contributed by atoms with Crippen LogP contribution in [0.2, 0.25) is 0 Å². The van der Waals surface area contributed by atoms with Crippen LogP contribution in [0.15, 0.2) is 42.7 Å². The summed E-state index contributed by atoms with van der Waals surface area (Å²) in [7, 11) is 3.48. The van der Waals surface area contributed by atoms with E-state index >= 15 is 0 Å². The van der Waals surface area contributed by atoms with Gasteiger partial charge in [-0.1, -0.05) is 31.5 Å². The second kappa shape index (κ2) is 8.91. The molecule has 0 saturated carbocycles. The smallest absolute Gasteiger partial charge is 0.255 e. The number of ether oxygens (including phenoxy) is 1. The van der Waals surface area contributed by atoms with Crippen LogP contribution in [0.3, 0.4) is 0 Å². The highest BCUT2D eigenvalue weighted by Crippen LogP contribution is 2.19. The molecule has 5 heteroatoms. The van der Waals surface area contributed by atoms with Crippen molar-refractivity contribution in [3.63, 3.8) is 0 Å². The standard InChI is InChI=1S/C19H25N3O2/c1-4-5-10-22(2)19(23)16-11-17(14-20-12-16)21-13-15-8-6-7-9-18(15)24-3/h6-9,11-12,14,21H,4-5,10,13H2,1-3H3. The Hall–Kier alpha value is -2.56. The third kappa shape index (κ3) is 4.72. The molecule has 128 valence electrons. The lowest BCUT2D eigenvalue weighted by atomic mass is 10.2. The highest BCUT2D eigenvalue weighted by Gasteiger charge is 2.12. The molecule has 0 saturated heterocycles. The van der Waals surface area contributed by atoms with Crippen LogP contribution in [-0.2, 0) is 6.54 Å². The number of anilines is 1. The van der Waals surface area contributed by atoms with Crippen molar-refractivity contribution in [3.8, 4) is 5.75 Å². The second-order valence-corrected chi connectivity index (χ2v) is 5.71. The summed E-state index contributed by atoms with van der Waals surface area (Å²) in [4.78, 5) is 18.3. The SMILES string of the molecule is CCCCN(C)C(=O)c1cncc(NCc2ccccc2OC)c1. The van der Waals surface area contributed by atoms with Crippen LogP contribution in [-0.4, -0.2) is 36.5 Å². The number of aromatic nitrogens is 1. The van der Waals surface area contributed by atoms with Crippen molar-refractivity contribution in [1.29, 1.82) is 0 Å². The van der Waals surface area contributed by atoms with Crippen molar-refractivity contribution in [1.82, 2.24) is 9.88 Å². The van der Waals surface area contributed by atoms with E-state index in [0.717, 1.165) is 36.4 Å². The number of nitrogens with one attached hydrogen (secondary N) is 1. The molecular weight excluding hydrogens is 302 g/mol. The molecule has 1 aromatic heterocycles. The molecule has 24 heavy (non-hydrogen) atoms. The van der Waals surface area contributed by atoms with Gasteiger partial charge in [0.05, 0.1) is 18.4 Å². The van der Waals surface area contributed by atoms with E-state index in [1.54, 1.807) is 24.4 Å². The first-order chi connectivity index (χ1) is 11.7. The highest BCUT2D eigenvalue weighted by atomic mass is 16.5. The van der Waals surface area contributed by atoms with Gasteiger partial charge >= 0.3 is 0 Å². The summed E-state index contributed by atoms with van der Waals surface area (Å²) in [6, 6.07) is 9.69. The molecule has 0 aliphatic rings. The minimum Gasteiger partial charge on any atom is -0.496 e. The Kier molecular flexibility index (Phi) is 6.61. The fourth-order valence-electron chi connectivity index (χ4n) is 2.42. The lowest BCUT2D eigenvalue weighted by Gasteiger charge is -2.17. The Morgan fingerprint density at radius 2 is 2.08 bits per heavy atom. The molecule has 0 bridgehead atoms. The first-order valence-corrected chi connectivity index (χ1v) is 8.22. The summed E-state index contributed by atoms with van der Waals surface area (Å²) >= 11 is 0. The van der Waals surface area contributed by atoms with Crippen LogP contribution in [0.4, 0.5) is 5.69 Å². The highest BCUT2D eigenvalue weighted by molar-refractivity contribution is 5.94. The van der Waals surface area contributed by atoms with Crippen LogP contribution < -0.4 is 10.1 Å². The Balaban J connectivity index is 2.03. The summed E-state index contributed by atoms with van der Waals surface area (Å²) in [5, 5.41) is 3.30. The third-order valence-electron chi connectivity index (χ3n) is 3.85. The van der Waals surface area contributed by atoms with Gasteiger partial charge in [0.15, 0.2) is 0 Å². The van der Waals surface area contributed by atoms with Crippen molar-refractivity contribution < 1.29 is 9.53 Å². The normalized spacial score (nSPS) is 10.3.